The van der Waals surface area contributed by atoms with Crippen molar-refractivity contribution in [3.63, 3.8) is 0 Å². The number of thiophene rings is 1. The Morgan fingerprint density at radius 1 is 0.449 bits per heavy atom. The molecule has 0 amide bonds. The number of hydrogen-bond acceptors (Lipinski definition) is 4. The number of aromatic nitrogens is 5. The summed E-state index contributed by atoms with van der Waals surface area (Å²) < 4.78 is 6.90. The highest BCUT2D eigenvalue weighted by atomic mass is 32.1. The third kappa shape index (κ3) is 3.72. The summed E-state index contributed by atoms with van der Waals surface area (Å²) >= 11 is 1.75. The molecular weight excluding hydrogens is 619 g/mol. The summed E-state index contributed by atoms with van der Waals surface area (Å²) in [7, 11) is 0. The molecular formula is C43H25N5S. The first kappa shape index (κ1) is 26.7. The van der Waals surface area contributed by atoms with E-state index >= 15 is 0 Å². The summed E-state index contributed by atoms with van der Waals surface area (Å²) in [6, 6.07) is 51.3. The fraction of sp³-hybridized carbons (Fsp3) is 0. The number of pyridine rings is 1. The lowest BCUT2D eigenvalue weighted by molar-refractivity contribution is 1.02. The largest absolute Gasteiger partial charge is 0.309 e. The summed E-state index contributed by atoms with van der Waals surface area (Å²) in [5.41, 5.74) is 9.36. The van der Waals surface area contributed by atoms with Crippen LogP contribution in [0.25, 0.3) is 97.7 Å². The number of para-hydroxylation sites is 3. The predicted molar refractivity (Wildman–Crippen MR) is 204 cm³/mol. The van der Waals surface area contributed by atoms with Crippen molar-refractivity contribution in [2.24, 2.45) is 0 Å². The van der Waals surface area contributed by atoms with Crippen LogP contribution in [0.15, 0.2) is 152 Å². The monoisotopic (exact) mass is 643 g/mol. The first-order chi connectivity index (χ1) is 24.3. The molecule has 0 atom stereocenters. The average Bonchev–Trinajstić information content (AvgIpc) is 3.83. The van der Waals surface area contributed by atoms with E-state index in [1.165, 1.54) is 10.1 Å². The van der Waals surface area contributed by atoms with Gasteiger partial charge in [-0.2, -0.15) is 0 Å². The minimum atomic E-state index is 0.638. The first-order valence-electron chi connectivity index (χ1n) is 16.4. The number of hydrogen-bond donors (Lipinski definition) is 0. The molecule has 5 aromatic heterocycles. The Morgan fingerprint density at radius 2 is 1.08 bits per heavy atom. The van der Waals surface area contributed by atoms with E-state index in [0.29, 0.717) is 5.95 Å². The predicted octanol–water partition coefficient (Wildman–Crippen LogP) is 11.3. The van der Waals surface area contributed by atoms with Crippen LogP contribution in [-0.2, 0) is 0 Å². The standard InChI is InChI=1S/C43H25N5S/c1-3-13-26(14-4-1)37-42-39(31-19-9-12-22-36(31)49-42)46-43(45-37)48-35-21-11-7-17-28(35)30-23-24-32-38(41(30)48)44-25-33-29-18-8-10-20-34(29)47(40(32)33)27-15-5-2-6-16-27/h1-25H. The van der Waals surface area contributed by atoms with Crippen LogP contribution in [0.1, 0.15) is 0 Å². The van der Waals surface area contributed by atoms with Crippen molar-refractivity contribution in [3.05, 3.63) is 152 Å². The van der Waals surface area contributed by atoms with E-state index in [-0.39, 0.29) is 0 Å². The summed E-state index contributed by atoms with van der Waals surface area (Å²) in [5.74, 6) is 0.638. The van der Waals surface area contributed by atoms with Crippen molar-refractivity contribution < 1.29 is 0 Å². The Hall–Kier alpha value is -6.37. The first-order valence-corrected chi connectivity index (χ1v) is 17.2. The molecule has 0 fully saturated rings. The van der Waals surface area contributed by atoms with Crippen molar-refractivity contribution in [3.8, 4) is 22.9 Å². The fourth-order valence-corrected chi connectivity index (χ4v) is 8.83. The maximum Gasteiger partial charge on any atom is 0.235 e. The lowest BCUT2D eigenvalue weighted by Crippen LogP contribution is -2.03. The van der Waals surface area contributed by atoms with Crippen molar-refractivity contribution in [2.75, 3.05) is 0 Å². The molecule has 5 nitrogen and oxygen atoms in total. The number of fused-ring (bicyclic) bond motifs is 12. The van der Waals surface area contributed by atoms with E-state index in [4.69, 9.17) is 15.0 Å². The van der Waals surface area contributed by atoms with Gasteiger partial charge in [0.05, 0.1) is 43.5 Å². The van der Waals surface area contributed by atoms with Gasteiger partial charge in [-0.15, -0.1) is 11.3 Å². The summed E-state index contributed by atoms with van der Waals surface area (Å²) in [5, 5.41) is 6.80. The smallest absolute Gasteiger partial charge is 0.235 e. The molecule has 0 spiro atoms. The fourth-order valence-electron chi connectivity index (χ4n) is 7.68. The minimum absolute atomic E-state index is 0.638. The van der Waals surface area contributed by atoms with Gasteiger partial charge < -0.3 is 4.57 Å². The Kier molecular flexibility index (Phi) is 5.48. The molecule has 5 heterocycles. The van der Waals surface area contributed by atoms with Crippen LogP contribution in [0.4, 0.5) is 0 Å². The second-order valence-corrected chi connectivity index (χ2v) is 13.5. The van der Waals surface area contributed by atoms with E-state index in [9.17, 15) is 0 Å². The third-order valence-corrected chi connectivity index (χ3v) is 10.9. The van der Waals surface area contributed by atoms with Crippen LogP contribution in [0.3, 0.4) is 0 Å². The van der Waals surface area contributed by atoms with Gasteiger partial charge in [0.25, 0.3) is 0 Å². The van der Waals surface area contributed by atoms with Crippen molar-refractivity contribution in [1.29, 1.82) is 0 Å². The summed E-state index contributed by atoms with van der Waals surface area (Å²) in [6.45, 7) is 0. The Bertz CT molecular complexity index is 3100. The van der Waals surface area contributed by atoms with Crippen molar-refractivity contribution in [1.82, 2.24) is 24.1 Å². The second kappa shape index (κ2) is 10.1. The minimum Gasteiger partial charge on any atom is -0.309 e. The molecule has 11 aromatic rings. The second-order valence-electron chi connectivity index (χ2n) is 12.4. The van der Waals surface area contributed by atoms with Crippen LogP contribution < -0.4 is 0 Å². The molecule has 0 aliphatic rings. The highest BCUT2D eigenvalue weighted by Crippen LogP contribution is 2.43. The van der Waals surface area contributed by atoms with Gasteiger partial charge in [-0.1, -0.05) is 109 Å². The Balaban J connectivity index is 1.32. The molecule has 0 aliphatic carbocycles. The van der Waals surface area contributed by atoms with Crippen LogP contribution in [0, 0.1) is 0 Å². The molecule has 0 N–H and O–H groups in total. The Morgan fingerprint density at radius 3 is 1.88 bits per heavy atom. The van der Waals surface area contributed by atoms with Gasteiger partial charge >= 0.3 is 0 Å². The van der Waals surface area contributed by atoms with Gasteiger partial charge in [0.2, 0.25) is 5.95 Å². The van der Waals surface area contributed by atoms with Crippen LogP contribution in [0.5, 0.6) is 0 Å². The van der Waals surface area contributed by atoms with Crippen molar-refractivity contribution >= 4 is 86.2 Å². The molecule has 6 heteroatoms. The zero-order valence-corrected chi connectivity index (χ0v) is 26.9. The van der Waals surface area contributed by atoms with Crippen LogP contribution in [-0.4, -0.2) is 24.1 Å². The van der Waals surface area contributed by atoms with Gasteiger partial charge in [0, 0.05) is 54.5 Å². The summed E-state index contributed by atoms with van der Waals surface area (Å²) in [6.07, 6.45) is 2.05. The number of benzene rings is 6. The molecule has 0 bridgehead atoms. The molecule has 228 valence electrons. The van der Waals surface area contributed by atoms with Gasteiger partial charge in [0.1, 0.15) is 0 Å². The molecule has 49 heavy (non-hydrogen) atoms. The van der Waals surface area contributed by atoms with Gasteiger partial charge in [0.15, 0.2) is 0 Å². The lowest BCUT2D eigenvalue weighted by atomic mass is 10.1. The van der Waals surface area contributed by atoms with Crippen LogP contribution in [0.2, 0.25) is 0 Å². The zero-order chi connectivity index (χ0) is 32.1. The van der Waals surface area contributed by atoms with E-state index < -0.39 is 0 Å². The maximum atomic E-state index is 5.41. The number of rotatable bonds is 3. The highest BCUT2D eigenvalue weighted by molar-refractivity contribution is 7.26. The normalized spacial score (nSPS) is 12.1. The van der Waals surface area contributed by atoms with E-state index in [1.54, 1.807) is 11.3 Å². The molecule has 0 saturated heterocycles. The molecule has 6 aromatic carbocycles. The Labute approximate surface area is 284 Å². The lowest BCUT2D eigenvalue weighted by Gasteiger charge is -2.12. The molecule has 0 saturated carbocycles. The molecule has 0 aliphatic heterocycles. The topological polar surface area (TPSA) is 48.5 Å². The number of nitrogens with zero attached hydrogens (tertiary/aromatic N) is 5. The van der Waals surface area contributed by atoms with E-state index in [0.717, 1.165) is 81.7 Å². The third-order valence-electron chi connectivity index (χ3n) is 9.77. The van der Waals surface area contributed by atoms with Crippen molar-refractivity contribution in [2.45, 2.75) is 0 Å². The summed E-state index contributed by atoms with van der Waals surface area (Å²) in [4.78, 5) is 16.1. The van der Waals surface area contributed by atoms with E-state index in [1.807, 2.05) is 12.3 Å². The van der Waals surface area contributed by atoms with Gasteiger partial charge in [-0.3, -0.25) is 9.55 Å². The zero-order valence-electron chi connectivity index (χ0n) is 26.1. The van der Waals surface area contributed by atoms with E-state index in [2.05, 4.69) is 149 Å². The molecule has 11 rings (SSSR count). The maximum absolute atomic E-state index is 5.41. The van der Waals surface area contributed by atoms with Gasteiger partial charge in [-0.05, 0) is 36.4 Å². The molecule has 0 unspecified atom stereocenters. The average molecular weight is 644 g/mol. The molecule has 0 radical (unpaired) electrons. The highest BCUT2D eigenvalue weighted by Gasteiger charge is 2.23. The van der Waals surface area contributed by atoms with Crippen LogP contribution >= 0.6 is 11.3 Å². The SMILES string of the molecule is c1ccc(-c2nc(-n3c4ccccc4c4ccc5c(ncc6c7ccccc7n(-c7ccccc7)c65)c43)nc3c2sc2ccccc23)cc1. The van der Waals surface area contributed by atoms with Gasteiger partial charge in [-0.25, -0.2) is 9.97 Å². The quantitative estimate of drug-likeness (QED) is 0.192.